The van der Waals surface area contributed by atoms with Crippen molar-refractivity contribution in [2.45, 2.75) is 25.4 Å². The van der Waals surface area contributed by atoms with Crippen LogP contribution in [0.5, 0.6) is 0 Å². The standard InChI is InChI=1S/C31H28N8O/c32-19-27-34-14-10-26(36-27)35-25-12-15-38(16-13-25)20-21-6-8-22(9-7-21)29-30(23-4-2-1-3-5-23)39-17-11-24(31(33)40)18-28(39)37-29/h1-11,14,17-18,25H,12-13,15-16,20H2,(H2,33,40)(H,34,35,36). The zero-order valence-electron chi connectivity index (χ0n) is 21.9. The van der Waals surface area contributed by atoms with Crippen LogP contribution < -0.4 is 11.1 Å². The molecule has 0 saturated carbocycles. The van der Waals surface area contributed by atoms with Crippen molar-refractivity contribution < 1.29 is 4.79 Å². The van der Waals surface area contributed by atoms with Crippen LogP contribution in [0, 0.1) is 11.3 Å². The second-order valence-corrected chi connectivity index (χ2v) is 9.95. The van der Waals surface area contributed by atoms with Gasteiger partial charge in [0.25, 0.3) is 0 Å². The predicted octanol–water partition coefficient (Wildman–Crippen LogP) is 4.51. The van der Waals surface area contributed by atoms with E-state index < -0.39 is 5.91 Å². The minimum atomic E-state index is -0.473. The quantitative estimate of drug-likeness (QED) is 0.318. The third-order valence-electron chi connectivity index (χ3n) is 7.29. The highest BCUT2D eigenvalue weighted by atomic mass is 16.1. The van der Waals surface area contributed by atoms with Gasteiger partial charge < -0.3 is 11.1 Å². The number of nitriles is 1. The number of nitrogens with zero attached hydrogens (tertiary/aromatic N) is 6. The number of rotatable bonds is 7. The predicted molar refractivity (Wildman–Crippen MR) is 153 cm³/mol. The molecule has 1 aliphatic rings. The smallest absolute Gasteiger partial charge is 0.248 e. The number of likely N-dealkylation sites (tertiary alicyclic amines) is 1. The Morgan fingerprint density at radius 3 is 2.50 bits per heavy atom. The van der Waals surface area contributed by atoms with E-state index >= 15 is 0 Å². The van der Waals surface area contributed by atoms with E-state index in [0.29, 0.717) is 23.1 Å². The number of fused-ring (bicyclic) bond motifs is 1. The minimum Gasteiger partial charge on any atom is -0.367 e. The molecule has 4 heterocycles. The highest BCUT2D eigenvalue weighted by Gasteiger charge is 2.21. The molecule has 1 saturated heterocycles. The van der Waals surface area contributed by atoms with Gasteiger partial charge in [0, 0.05) is 54.8 Å². The zero-order valence-corrected chi connectivity index (χ0v) is 21.9. The summed E-state index contributed by atoms with van der Waals surface area (Å²) in [6.07, 6.45) is 5.46. The Morgan fingerprint density at radius 2 is 1.77 bits per heavy atom. The number of carbonyl (C=O) groups is 1. The summed E-state index contributed by atoms with van der Waals surface area (Å²) in [5, 5.41) is 12.5. The maximum atomic E-state index is 11.8. The van der Waals surface area contributed by atoms with Crippen LogP contribution in [0.15, 0.2) is 85.2 Å². The van der Waals surface area contributed by atoms with Crippen molar-refractivity contribution in [3.05, 3.63) is 102 Å². The molecule has 0 radical (unpaired) electrons. The zero-order chi connectivity index (χ0) is 27.5. The molecule has 9 nitrogen and oxygen atoms in total. The summed E-state index contributed by atoms with van der Waals surface area (Å²) >= 11 is 0. The molecule has 9 heteroatoms. The molecule has 2 aromatic carbocycles. The van der Waals surface area contributed by atoms with Gasteiger partial charge in [0.1, 0.15) is 17.5 Å². The van der Waals surface area contributed by atoms with Crippen LogP contribution >= 0.6 is 0 Å². The van der Waals surface area contributed by atoms with Crippen LogP contribution in [0.3, 0.4) is 0 Å². The fraction of sp³-hybridized carbons (Fsp3) is 0.194. The first-order valence-electron chi connectivity index (χ1n) is 13.3. The number of amides is 1. The van der Waals surface area contributed by atoms with Gasteiger partial charge in [-0.05, 0) is 36.6 Å². The maximum absolute atomic E-state index is 11.8. The number of hydrogen-bond acceptors (Lipinski definition) is 7. The first-order valence-corrected chi connectivity index (χ1v) is 13.3. The normalized spacial score (nSPS) is 14.2. The molecule has 0 unspecified atom stereocenters. The highest BCUT2D eigenvalue weighted by Crippen LogP contribution is 2.33. The van der Waals surface area contributed by atoms with Crippen LogP contribution in [0.1, 0.15) is 34.6 Å². The number of pyridine rings is 1. The average molecular weight is 529 g/mol. The lowest BCUT2D eigenvalue weighted by atomic mass is 10.0. The number of anilines is 1. The second-order valence-electron chi connectivity index (χ2n) is 9.95. The van der Waals surface area contributed by atoms with E-state index in [9.17, 15) is 4.79 Å². The van der Waals surface area contributed by atoms with Gasteiger partial charge in [-0.1, -0.05) is 54.6 Å². The molecule has 0 spiro atoms. The van der Waals surface area contributed by atoms with E-state index in [2.05, 4.69) is 56.6 Å². The Kier molecular flexibility index (Phi) is 6.91. The monoisotopic (exact) mass is 528 g/mol. The van der Waals surface area contributed by atoms with E-state index in [1.165, 1.54) is 5.56 Å². The summed E-state index contributed by atoms with van der Waals surface area (Å²) in [5.41, 5.74) is 11.8. The van der Waals surface area contributed by atoms with Gasteiger partial charge in [0.15, 0.2) is 0 Å². The Hall–Kier alpha value is -5.07. The summed E-state index contributed by atoms with van der Waals surface area (Å²) < 4.78 is 2.01. The van der Waals surface area contributed by atoms with Gasteiger partial charge in [-0.15, -0.1) is 0 Å². The van der Waals surface area contributed by atoms with Crippen LogP contribution in [0.4, 0.5) is 5.82 Å². The van der Waals surface area contributed by atoms with Gasteiger partial charge in [-0.2, -0.15) is 5.26 Å². The van der Waals surface area contributed by atoms with E-state index in [1.54, 1.807) is 24.4 Å². The molecule has 3 aromatic heterocycles. The first-order chi connectivity index (χ1) is 19.6. The number of benzene rings is 2. The average Bonchev–Trinajstić information content (AvgIpc) is 3.38. The summed E-state index contributed by atoms with van der Waals surface area (Å²) in [6, 6.07) is 26.3. The van der Waals surface area contributed by atoms with Crippen molar-refractivity contribution in [1.29, 1.82) is 5.26 Å². The molecule has 1 aliphatic heterocycles. The SMILES string of the molecule is N#Cc1nccc(NC2CCN(Cc3ccc(-c4nc5cc(C(N)=O)ccn5c4-c4ccccc4)cc3)CC2)n1. The Morgan fingerprint density at radius 1 is 1.00 bits per heavy atom. The Labute approximate surface area is 231 Å². The number of nitrogens with one attached hydrogen (secondary N) is 1. The molecular formula is C31H28N8O. The Bertz CT molecular complexity index is 1700. The third-order valence-corrected chi connectivity index (χ3v) is 7.29. The first kappa shape index (κ1) is 25.2. The fourth-order valence-electron chi connectivity index (χ4n) is 5.23. The maximum Gasteiger partial charge on any atom is 0.248 e. The fourth-order valence-corrected chi connectivity index (χ4v) is 5.23. The van der Waals surface area contributed by atoms with Crippen molar-refractivity contribution in [3.8, 4) is 28.6 Å². The molecule has 198 valence electrons. The molecule has 3 N–H and O–H groups in total. The van der Waals surface area contributed by atoms with Crippen molar-refractivity contribution in [3.63, 3.8) is 0 Å². The van der Waals surface area contributed by atoms with Gasteiger partial charge in [-0.3, -0.25) is 14.1 Å². The molecule has 0 bridgehead atoms. The number of imidazole rings is 1. The van der Waals surface area contributed by atoms with Gasteiger partial charge in [0.2, 0.25) is 11.7 Å². The summed E-state index contributed by atoms with van der Waals surface area (Å²) in [5.74, 6) is 0.411. The van der Waals surface area contributed by atoms with E-state index in [-0.39, 0.29) is 5.82 Å². The molecule has 0 atom stereocenters. The van der Waals surface area contributed by atoms with Gasteiger partial charge in [-0.25, -0.2) is 15.0 Å². The largest absolute Gasteiger partial charge is 0.367 e. The number of carbonyl (C=O) groups excluding carboxylic acids is 1. The highest BCUT2D eigenvalue weighted by molar-refractivity contribution is 5.94. The lowest BCUT2D eigenvalue weighted by Crippen LogP contribution is -2.38. The molecule has 5 aromatic rings. The van der Waals surface area contributed by atoms with Gasteiger partial charge in [0.05, 0.1) is 11.4 Å². The van der Waals surface area contributed by atoms with Crippen LogP contribution in [-0.4, -0.2) is 49.3 Å². The van der Waals surface area contributed by atoms with Crippen molar-refractivity contribution in [2.75, 3.05) is 18.4 Å². The topological polar surface area (TPSA) is 125 Å². The third kappa shape index (κ3) is 5.25. The summed E-state index contributed by atoms with van der Waals surface area (Å²) in [7, 11) is 0. The summed E-state index contributed by atoms with van der Waals surface area (Å²) in [4.78, 5) is 27.3. The van der Waals surface area contributed by atoms with E-state index in [1.807, 2.05) is 34.9 Å². The number of piperidine rings is 1. The molecule has 0 aliphatic carbocycles. The van der Waals surface area contributed by atoms with Gasteiger partial charge >= 0.3 is 0 Å². The van der Waals surface area contributed by atoms with Crippen LogP contribution in [-0.2, 0) is 6.54 Å². The molecule has 40 heavy (non-hydrogen) atoms. The van der Waals surface area contributed by atoms with Crippen molar-refractivity contribution in [1.82, 2.24) is 24.3 Å². The van der Waals surface area contributed by atoms with Crippen LogP contribution in [0.2, 0.25) is 0 Å². The lowest BCUT2D eigenvalue weighted by Gasteiger charge is -2.32. The number of nitrogens with two attached hydrogens (primary N) is 1. The number of hydrogen-bond donors (Lipinski definition) is 2. The molecule has 1 amide bonds. The lowest BCUT2D eigenvalue weighted by molar-refractivity contribution is 0.1000. The van der Waals surface area contributed by atoms with E-state index in [4.69, 9.17) is 16.0 Å². The number of primary amides is 1. The second kappa shape index (κ2) is 11.0. The van der Waals surface area contributed by atoms with E-state index in [0.717, 1.165) is 55.0 Å². The molecular weight excluding hydrogens is 500 g/mol. The molecule has 1 fully saturated rings. The Balaban J connectivity index is 1.17. The summed E-state index contributed by atoms with van der Waals surface area (Å²) in [6.45, 7) is 2.82. The van der Waals surface area contributed by atoms with Crippen LogP contribution in [0.25, 0.3) is 28.2 Å². The minimum absolute atomic E-state index is 0.181. The van der Waals surface area contributed by atoms with Crippen molar-refractivity contribution >= 4 is 17.4 Å². The number of aromatic nitrogens is 4. The molecule has 6 rings (SSSR count). The van der Waals surface area contributed by atoms with Crippen molar-refractivity contribution in [2.24, 2.45) is 5.73 Å².